The SMILES string of the molecule is OC[C@H]1O[C@H](n2cnc3c(Cl)ncnc32)C[C@H](O)[C@@H](O)[C@@H]1O. The highest BCUT2D eigenvalue weighted by Crippen LogP contribution is 2.29. The smallest absolute Gasteiger partial charge is 0.166 e. The number of aliphatic hydroxyl groups excluding tert-OH is 4. The number of nitrogens with zero attached hydrogens (tertiary/aromatic N) is 4. The van der Waals surface area contributed by atoms with Gasteiger partial charge in [-0.3, -0.25) is 4.57 Å². The lowest BCUT2D eigenvalue weighted by Crippen LogP contribution is -2.44. The van der Waals surface area contributed by atoms with Crippen LogP contribution < -0.4 is 0 Å². The van der Waals surface area contributed by atoms with Gasteiger partial charge in [0.25, 0.3) is 0 Å². The van der Waals surface area contributed by atoms with Crippen molar-refractivity contribution in [2.24, 2.45) is 0 Å². The van der Waals surface area contributed by atoms with Crippen LogP contribution in [-0.4, -0.2) is 71.0 Å². The Labute approximate surface area is 129 Å². The molecule has 120 valence electrons. The van der Waals surface area contributed by atoms with Crippen molar-refractivity contribution in [1.29, 1.82) is 0 Å². The van der Waals surface area contributed by atoms with Crippen LogP contribution in [0.2, 0.25) is 5.15 Å². The molecule has 4 N–H and O–H groups in total. The maximum Gasteiger partial charge on any atom is 0.166 e. The lowest BCUT2D eigenvalue weighted by molar-refractivity contribution is -0.130. The molecular formula is C12H15ClN4O5. The Bertz CT molecular complexity index is 668. The minimum atomic E-state index is -1.42. The van der Waals surface area contributed by atoms with E-state index in [1.54, 1.807) is 0 Å². The molecule has 0 bridgehead atoms. The molecule has 5 atom stereocenters. The fourth-order valence-corrected chi connectivity index (χ4v) is 2.67. The van der Waals surface area contributed by atoms with Crippen LogP contribution in [0.3, 0.4) is 0 Å². The Hall–Kier alpha value is -1.36. The number of aliphatic hydroxyl groups is 4. The molecule has 0 aromatic carbocycles. The summed E-state index contributed by atoms with van der Waals surface area (Å²) in [5.74, 6) is 0. The van der Waals surface area contributed by atoms with Crippen LogP contribution in [-0.2, 0) is 4.74 Å². The molecular weight excluding hydrogens is 316 g/mol. The third-order valence-electron chi connectivity index (χ3n) is 3.70. The predicted molar refractivity (Wildman–Crippen MR) is 74.0 cm³/mol. The van der Waals surface area contributed by atoms with Gasteiger partial charge in [0.05, 0.1) is 19.0 Å². The second-order valence-electron chi connectivity index (χ2n) is 5.08. The molecule has 0 radical (unpaired) electrons. The van der Waals surface area contributed by atoms with Crippen LogP contribution in [0, 0.1) is 0 Å². The van der Waals surface area contributed by atoms with E-state index in [1.807, 2.05) is 0 Å². The number of imidazole rings is 1. The second-order valence-corrected chi connectivity index (χ2v) is 5.44. The van der Waals surface area contributed by atoms with Crippen molar-refractivity contribution in [2.45, 2.75) is 37.1 Å². The quantitative estimate of drug-likeness (QED) is 0.507. The number of hydrogen-bond acceptors (Lipinski definition) is 8. The summed E-state index contributed by atoms with van der Waals surface area (Å²) in [6.07, 6.45) is -3.21. The van der Waals surface area contributed by atoms with Crippen molar-refractivity contribution in [3.05, 3.63) is 17.8 Å². The minimum absolute atomic E-state index is 0.0121. The molecule has 0 amide bonds. The molecule has 22 heavy (non-hydrogen) atoms. The molecule has 1 aliphatic heterocycles. The third-order valence-corrected chi connectivity index (χ3v) is 3.98. The number of aromatic nitrogens is 4. The zero-order valence-corrected chi connectivity index (χ0v) is 12.1. The average molecular weight is 331 g/mol. The minimum Gasteiger partial charge on any atom is -0.394 e. The molecule has 2 aromatic rings. The van der Waals surface area contributed by atoms with Gasteiger partial charge in [-0.05, 0) is 0 Å². The summed E-state index contributed by atoms with van der Waals surface area (Å²) >= 11 is 5.94. The summed E-state index contributed by atoms with van der Waals surface area (Å²) in [6, 6.07) is 0. The molecule has 3 heterocycles. The van der Waals surface area contributed by atoms with Crippen LogP contribution in [0.1, 0.15) is 12.6 Å². The summed E-state index contributed by atoms with van der Waals surface area (Å²) in [4.78, 5) is 12.0. The van der Waals surface area contributed by atoms with Gasteiger partial charge in [-0.2, -0.15) is 0 Å². The van der Waals surface area contributed by atoms with Crippen LogP contribution in [0.15, 0.2) is 12.7 Å². The molecule has 9 nitrogen and oxygen atoms in total. The maximum atomic E-state index is 9.97. The molecule has 2 aromatic heterocycles. The van der Waals surface area contributed by atoms with Gasteiger partial charge >= 0.3 is 0 Å². The number of rotatable bonds is 2. The summed E-state index contributed by atoms with van der Waals surface area (Å²) in [5, 5.41) is 39.2. The van der Waals surface area contributed by atoms with Crippen LogP contribution in [0.4, 0.5) is 0 Å². The monoisotopic (exact) mass is 330 g/mol. The zero-order chi connectivity index (χ0) is 15.9. The molecule has 1 fully saturated rings. The normalized spacial score (nSPS) is 33.0. The predicted octanol–water partition coefficient (Wildman–Crippen LogP) is -1.16. The molecule has 0 spiro atoms. The number of fused-ring (bicyclic) bond motifs is 1. The Balaban J connectivity index is 2.00. The lowest BCUT2D eigenvalue weighted by Gasteiger charge is -2.24. The van der Waals surface area contributed by atoms with Crippen molar-refractivity contribution in [1.82, 2.24) is 19.5 Å². The molecule has 0 aliphatic carbocycles. The van der Waals surface area contributed by atoms with E-state index in [0.717, 1.165) is 0 Å². The van der Waals surface area contributed by atoms with Crippen molar-refractivity contribution in [3.8, 4) is 0 Å². The first-order valence-corrected chi connectivity index (χ1v) is 7.04. The van der Waals surface area contributed by atoms with E-state index in [0.29, 0.717) is 11.2 Å². The second kappa shape index (κ2) is 6.03. The molecule has 10 heteroatoms. The van der Waals surface area contributed by atoms with Gasteiger partial charge < -0.3 is 25.2 Å². The summed E-state index contributed by atoms with van der Waals surface area (Å²) in [6.45, 7) is -0.510. The van der Waals surface area contributed by atoms with E-state index in [-0.39, 0.29) is 11.6 Å². The van der Waals surface area contributed by atoms with E-state index >= 15 is 0 Å². The Morgan fingerprint density at radius 3 is 2.73 bits per heavy atom. The maximum absolute atomic E-state index is 9.97. The third kappa shape index (κ3) is 2.56. The largest absolute Gasteiger partial charge is 0.394 e. The van der Waals surface area contributed by atoms with Gasteiger partial charge in [-0.15, -0.1) is 0 Å². The fourth-order valence-electron chi connectivity index (χ4n) is 2.50. The Kier molecular flexibility index (Phi) is 4.26. The summed E-state index contributed by atoms with van der Waals surface area (Å²) in [5.41, 5.74) is 0.757. The van der Waals surface area contributed by atoms with E-state index in [2.05, 4.69) is 15.0 Å². The van der Waals surface area contributed by atoms with Gasteiger partial charge in [-0.25, -0.2) is 15.0 Å². The number of halogens is 1. The van der Waals surface area contributed by atoms with Gasteiger partial charge in [0, 0.05) is 6.42 Å². The molecule has 0 unspecified atom stereocenters. The van der Waals surface area contributed by atoms with Crippen LogP contribution >= 0.6 is 11.6 Å². The van der Waals surface area contributed by atoms with Crippen molar-refractivity contribution in [3.63, 3.8) is 0 Å². The van der Waals surface area contributed by atoms with Gasteiger partial charge in [0.1, 0.15) is 36.4 Å². The molecule has 1 aliphatic rings. The average Bonchev–Trinajstić information content (AvgIpc) is 2.91. The first-order valence-electron chi connectivity index (χ1n) is 6.66. The lowest BCUT2D eigenvalue weighted by atomic mass is 10.0. The van der Waals surface area contributed by atoms with E-state index in [9.17, 15) is 20.4 Å². The van der Waals surface area contributed by atoms with Crippen LogP contribution in [0.25, 0.3) is 11.2 Å². The van der Waals surface area contributed by atoms with Gasteiger partial charge in [0.2, 0.25) is 0 Å². The highest BCUT2D eigenvalue weighted by Gasteiger charge is 2.39. The first kappa shape index (κ1) is 15.5. The first-order chi connectivity index (χ1) is 10.5. The highest BCUT2D eigenvalue weighted by molar-refractivity contribution is 6.33. The van der Waals surface area contributed by atoms with E-state index in [4.69, 9.17) is 16.3 Å². The van der Waals surface area contributed by atoms with Gasteiger partial charge in [0.15, 0.2) is 10.8 Å². The topological polar surface area (TPSA) is 134 Å². The van der Waals surface area contributed by atoms with E-state index in [1.165, 1.54) is 17.2 Å². The number of hydrogen-bond donors (Lipinski definition) is 4. The van der Waals surface area contributed by atoms with Crippen LogP contribution in [0.5, 0.6) is 0 Å². The van der Waals surface area contributed by atoms with Gasteiger partial charge in [-0.1, -0.05) is 11.6 Å². The Morgan fingerprint density at radius 1 is 1.23 bits per heavy atom. The van der Waals surface area contributed by atoms with Crippen molar-refractivity contribution in [2.75, 3.05) is 6.61 Å². The fraction of sp³-hybridized carbons (Fsp3) is 0.583. The van der Waals surface area contributed by atoms with E-state index < -0.39 is 37.3 Å². The van der Waals surface area contributed by atoms with Crippen molar-refractivity contribution < 1.29 is 25.2 Å². The molecule has 0 saturated carbocycles. The summed E-state index contributed by atoms with van der Waals surface area (Å²) < 4.78 is 7.12. The standard InChI is InChI=1S/C12H15ClN4O5/c13-11-8-12(15-3-14-11)17(4-16-8)7-1-5(19)9(20)10(21)6(2-18)22-7/h3-7,9-10,18-21H,1-2H2/t5-,6+,7-,9+,10+/m0/s1. The molecule has 1 saturated heterocycles. The Morgan fingerprint density at radius 2 is 2.00 bits per heavy atom. The highest BCUT2D eigenvalue weighted by atomic mass is 35.5. The molecule has 3 rings (SSSR count). The summed E-state index contributed by atoms with van der Waals surface area (Å²) in [7, 11) is 0. The van der Waals surface area contributed by atoms with Crippen molar-refractivity contribution >= 4 is 22.8 Å². The zero-order valence-electron chi connectivity index (χ0n) is 11.3. The number of ether oxygens (including phenoxy) is 1.